The molecule has 2 aliphatic heterocycles. The summed E-state index contributed by atoms with van der Waals surface area (Å²) >= 11 is 0. The van der Waals surface area contributed by atoms with Gasteiger partial charge in [-0.25, -0.2) is 0 Å². The van der Waals surface area contributed by atoms with Gasteiger partial charge in [0.2, 0.25) is 0 Å². The maximum Gasteiger partial charge on any atom is 0.0564 e. The average Bonchev–Trinajstić information content (AvgIpc) is 2.62. The van der Waals surface area contributed by atoms with Gasteiger partial charge in [-0.1, -0.05) is 0 Å². The lowest BCUT2D eigenvalue weighted by molar-refractivity contribution is 0.0788. The summed E-state index contributed by atoms with van der Waals surface area (Å²) in [5.74, 6) is 0. The van der Waals surface area contributed by atoms with Gasteiger partial charge in [0.1, 0.15) is 0 Å². The highest BCUT2D eigenvalue weighted by molar-refractivity contribution is 5.85. The van der Waals surface area contributed by atoms with Crippen LogP contribution in [0.3, 0.4) is 0 Å². The molecular weight excluding hydrogens is 200 g/mol. The summed E-state index contributed by atoms with van der Waals surface area (Å²) in [4.78, 5) is 2.48. The highest BCUT2D eigenvalue weighted by Crippen LogP contribution is 2.13. The normalized spacial score (nSPS) is 30.2. The summed E-state index contributed by atoms with van der Waals surface area (Å²) < 4.78 is 0. The predicted molar refractivity (Wildman–Crippen MR) is 60.0 cm³/mol. The number of rotatable bonds is 2. The molecule has 0 aromatic carbocycles. The van der Waals surface area contributed by atoms with Gasteiger partial charge in [-0.05, 0) is 32.2 Å². The third kappa shape index (κ3) is 3.39. The molecule has 2 heterocycles. The maximum atomic E-state index is 9.35. The van der Waals surface area contributed by atoms with E-state index < -0.39 is 0 Å². The standard InChI is InChI=1S/C10H20N2O.ClH/c13-10-3-6-12(7-4-10)8-9-2-1-5-11-9;/h9-11,13H,1-8H2;1H. The molecule has 0 spiro atoms. The Morgan fingerprint density at radius 3 is 2.50 bits per heavy atom. The molecule has 14 heavy (non-hydrogen) atoms. The number of aliphatic hydroxyl groups excluding tert-OH is 1. The van der Waals surface area contributed by atoms with Crippen molar-refractivity contribution in [3.8, 4) is 0 Å². The van der Waals surface area contributed by atoms with Gasteiger partial charge in [-0.3, -0.25) is 0 Å². The van der Waals surface area contributed by atoms with Gasteiger partial charge in [0.25, 0.3) is 0 Å². The summed E-state index contributed by atoms with van der Waals surface area (Å²) in [6.45, 7) is 4.55. The number of hydrogen-bond acceptors (Lipinski definition) is 3. The molecule has 2 rings (SSSR count). The van der Waals surface area contributed by atoms with Gasteiger partial charge in [-0.15, -0.1) is 12.4 Å². The predicted octanol–water partition coefficient (Wildman–Crippen LogP) is 0.617. The largest absolute Gasteiger partial charge is 0.393 e. The molecule has 0 aromatic rings. The Morgan fingerprint density at radius 1 is 1.21 bits per heavy atom. The van der Waals surface area contributed by atoms with Crippen LogP contribution in [0.5, 0.6) is 0 Å². The van der Waals surface area contributed by atoms with E-state index in [1.807, 2.05) is 0 Å². The summed E-state index contributed by atoms with van der Waals surface area (Å²) in [6, 6.07) is 0.718. The molecule has 0 bridgehead atoms. The van der Waals surface area contributed by atoms with E-state index in [0.29, 0.717) is 0 Å². The van der Waals surface area contributed by atoms with Crippen LogP contribution in [-0.4, -0.2) is 48.3 Å². The molecule has 0 amide bonds. The van der Waals surface area contributed by atoms with Crippen molar-refractivity contribution in [2.24, 2.45) is 0 Å². The average molecular weight is 221 g/mol. The number of aliphatic hydroxyl groups is 1. The van der Waals surface area contributed by atoms with Crippen LogP contribution in [0.2, 0.25) is 0 Å². The third-order valence-corrected chi connectivity index (χ3v) is 3.20. The fourth-order valence-electron chi connectivity index (χ4n) is 2.33. The van der Waals surface area contributed by atoms with Crippen molar-refractivity contribution in [2.45, 2.75) is 37.8 Å². The van der Waals surface area contributed by atoms with Gasteiger partial charge in [0, 0.05) is 25.7 Å². The van der Waals surface area contributed by atoms with Crippen molar-refractivity contribution < 1.29 is 5.11 Å². The van der Waals surface area contributed by atoms with Crippen molar-refractivity contribution in [2.75, 3.05) is 26.2 Å². The smallest absolute Gasteiger partial charge is 0.0564 e. The summed E-state index contributed by atoms with van der Waals surface area (Å²) in [6.07, 6.45) is 4.56. The molecular formula is C10H21ClN2O. The Morgan fingerprint density at radius 2 is 1.93 bits per heavy atom. The number of nitrogens with one attached hydrogen (secondary N) is 1. The molecule has 4 heteroatoms. The molecule has 1 unspecified atom stereocenters. The zero-order valence-electron chi connectivity index (χ0n) is 8.61. The Balaban J connectivity index is 0.000000980. The highest BCUT2D eigenvalue weighted by atomic mass is 35.5. The Hall–Kier alpha value is 0.170. The van der Waals surface area contributed by atoms with Crippen LogP contribution in [0.4, 0.5) is 0 Å². The van der Waals surface area contributed by atoms with Crippen molar-refractivity contribution in [1.29, 1.82) is 0 Å². The van der Waals surface area contributed by atoms with Crippen LogP contribution in [0.1, 0.15) is 25.7 Å². The monoisotopic (exact) mass is 220 g/mol. The van der Waals surface area contributed by atoms with Gasteiger partial charge in [0.15, 0.2) is 0 Å². The first-order valence-electron chi connectivity index (χ1n) is 5.48. The molecule has 84 valence electrons. The SMILES string of the molecule is Cl.OC1CCN(CC2CCCN2)CC1. The van der Waals surface area contributed by atoms with Crippen LogP contribution in [0.25, 0.3) is 0 Å². The van der Waals surface area contributed by atoms with Crippen molar-refractivity contribution >= 4 is 12.4 Å². The molecule has 0 aromatic heterocycles. The molecule has 0 aliphatic carbocycles. The van der Waals surface area contributed by atoms with E-state index in [2.05, 4.69) is 10.2 Å². The quantitative estimate of drug-likeness (QED) is 0.716. The van der Waals surface area contributed by atoms with E-state index in [9.17, 15) is 5.11 Å². The molecule has 2 N–H and O–H groups in total. The van der Waals surface area contributed by atoms with Crippen LogP contribution in [0.15, 0.2) is 0 Å². The molecule has 1 atom stereocenters. The first-order chi connectivity index (χ1) is 6.34. The minimum absolute atomic E-state index is 0. The second kappa shape index (κ2) is 5.91. The second-order valence-corrected chi connectivity index (χ2v) is 4.33. The van der Waals surface area contributed by atoms with Gasteiger partial charge < -0.3 is 15.3 Å². The summed E-state index contributed by atoms with van der Waals surface area (Å²) in [7, 11) is 0. The van der Waals surface area contributed by atoms with Gasteiger partial charge in [-0.2, -0.15) is 0 Å². The Kier molecular flexibility index (Phi) is 5.17. The number of nitrogens with zero attached hydrogens (tertiary/aromatic N) is 1. The number of piperidine rings is 1. The summed E-state index contributed by atoms with van der Waals surface area (Å²) in [5.41, 5.74) is 0. The lowest BCUT2D eigenvalue weighted by atomic mass is 10.1. The van der Waals surface area contributed by atoms with Crippen LogP contribution in [0, 0.1) is 0 Å². The number of halogens is 1. The number of likely N-dealkylation sites (tertiary alicyclic amines) is 1. The van der Waals surface area contributed by atoms with E-state index in [1.54, 1.807) is 0 Å². The van der Waals surface area contributed by atoms with Crippen molar-refractivity contribution in [1.82, 2.24) is 10.2 Å². The van der Waals surface area contributed by atoms with E-state index in [-0.39, 0.29) is 18.5 Å². The summed E-state index contributed by atoms with van der Waals surface area (Å²) in [5, 5.41) is 12.9. The van der Waals surface area contributed by atoms with E-state index >= 15 is 0 Å². The van der Waals surface area contributed by atoms with E-state index in [0.717, 1.165) is 32.0 Å². The van der Waals surface area contributed by atoms with Crippen molar-refractivity contribution in [3.05, 3.63) is 0 Å². The maximum absolute atomic E-state index is 9.35. The minimum Gasteiger partial charge on any atom is -0.393 e. The lowest BCUT2D eigenvalue weighted by Crippen LogP contribution is -2.42. The van der Waals surface area contributed by atoms with Crippen LogP contribution >= 0.6 is 12.4 Å². The molecule has 2 saturated heterocycles. The Bertz CT molecular complexity index is 154. The molecule has 0 saturated carbocycles. The molecule has 0 radical (unpaired) electrons. The first kappa shape index (κ1) is 12.2. The molecule has 3 nitrogen and oxygen atoms in total. The van der Waals surface area contributed by atoms with E-state index in [4.69, 9.17) is 0 Å². The first-order valence-corrected chi connectivity index (χ1v) is 5.48. The lowest BCUT2D eigenvalue weighted by Gasteiger charge is -2.31. The topological polar surface area (TPSA) is 35.5 Å². The highest BCUT2D eigenvalue weighted by Gasteiger charge is 2.21. The molecule has 2 fully saturated rings. The van der Waals surface area contributed by atoms with Gasteiger partial charge in [0.05, 0.1) is 6.10 Å². The van der Waals surface area contributed by atoms with Gasteiger partial charge >= 0.3 is 0 Å². The molecule has 2 aliphatic rings. The van der Waals surface area contributed by atoms with Crippen LogP contribution in [-0.2, 0) is 0 Å². The second-order valence-electron chi connectivity index (χ2n) is 4.33. The van der Waals surface area contributed by atoms with Crippen LogP contribution < -0.4 is 5.32 Å². The minimum atomic E-state index is -0.0345. The fraction of sp³-hybridized carbons (Fsp3) is 1.00. The third-order valence-electron chi connectivity index (χ3n) is 3.20. The van der Waals surface area contributed by atoms with Crippen molar-refractivity contribution in [3.63, 3.8) is 0 Å². The zero-order chi connectivity index (χ0) is 9.10. The van der Waals surface area contributed by atoms with E-state index in [1.165, 1.54) is 25.9 Å². The Labute approximate surface area is 92.3 Å². The fourth-order valence-corrected chi connectivity index (χ4v) is 2.33. The zero-order valence-corrected chi connectivity index (χ0v) is 9.43. The number of hydrogen-bond donors (Lipinski definition) is 2.